The van der Waals surface area contributed by atoms with Gasteiger partial charge in [0, 0.05) is 17.8 Å². The molecule has 0 atom stereocenters. The molecule has 2 aromatic carbocycles. The monoisotopic (exact) mass is 420 g/mol. The summed E-state index contributed by atoms with van der Waals surface area (Å²) >= 11 is 0. The van der Waals surface area contributed by atoms with Crippen LogP contribution in [0.3, 0.4) is 0 Å². The fraction of sp³-hybridized carbons (Fsp3) is 0.174. The van der Waals surface area contributed by atoms with Crippen LogP contribution in [0.5, 0.6) is 5.75 Å². The van der Waals surface area contributed by atoms with Crippen LogP contribution in [-0.4, -0.2) is 20.8 Å². The molecule has 0 bridgehead atoms. The predicted octanol–water partition coefficient (Wildman–Crippen LogP) is 4.51. The summed E-state index contributed by atoms with van der Waals surface area (Å²) in [6.07, 6.45) is 1.66. The fourth-order valence-corrected chi connectivity index (χ4v) is 3.09. The molecule has 0 radical (unpaired) electrons. The highest BCUT2D eigenvalue weighted by atomic mass is 19.1. The van der Waals surface area contributed by atoms with Gasteiger partial charge >= 0.3 is 0 Å². The Labute approximate surface area is 178 Å². The second-order valence-corrected chi connectivity index (χ2v) is 7.12. The molecule has 0 saturated heterocycles. The number of nitrogens with zero attached hydrogens (tertiary/aromatic N) is 3. The molecule has 2 heterocycles. The van der Waals surface area contributed by atoms with Crippen molar-refractivity contribution in [1.29, 1.82) is 0 Å². The van der Waals surface area contributed by atoms with Crippen molar-refractivity contribution in [2.75, 3.05) is 5.32 Å². The summed E-state index contributed by atoms with van der Waals surface area (Å²) < 4.78 is 26.4. The third-order valence-electron chi connectivity index (χ3n) is 4.74. The van der Waals surface area contributed by atoms with E-state index in [1.54, 1.807) is 42.1 Å². The third kappa shape index (κ3) is 4.80. The lowest BCUT2D eigenvalue weighted by Gasteiger charge is -2.07. The van der Waals surface area contributed by atoms with Gasteiger partial charge in [0.25, 0.3) is 5.91 Å². The van der Waals surface area contributed by atoms with Crippen molar-refractivity contribution in [2.45, 2.75) is 27.0 Å². The molecule has 1 N–H and O–H groups in total. The van der Waals surface area contributed by atoms with Crippen LogP contribution in [0.4, 0.5) is 10.2 Å². The maximum atomic E-state index is 13.8. The number of rotatable bonds is 7. The van der Waals surface area contributed by atoms with E-state index in [0.29, 0.717) is 28.5 Å². The van der Waals surface area contributed by atoms with Gasteiger partial charge in [0.15, 0.2) is 11.5 Å². The van der Waals surface area contributed by atoms with E-state index in [-0.39, 0.29) is 24.7 Å². The number of amides is 1. The molecule has 0 fully saturated rings. The first-order valence-corrected chi connectivity index (χ1v) is 9.72. The minimum Gasteiger partial charge on any atom is -0.489 e. The SMILES string of the molecule is Cc1cccc(OCc2c(C(=O)Nc3ccn(Cc4ccccc4F)n3)noc2C)c1. The van der Waals surface area contributed by atoms with E-state index in [1.807, 2.05) is 31.2 Å². The Bertz CT molecular complexity index is 1220. The van der Waals surface area contributed by atoms with Crippen molar-refractivity contribution in [3.8, 4) is 5.75 Å². The molecule has 7 nitrogen and oxygen atoms in total. The first-order chi connectivity index (χ1) is 15.0. The van der Waals surface area contributed by atoms with Gasteiger partial charge in [-0.3, -0.25) is 9.48 Å². The van der Waals surface area contributed by atoms with Crippen LogP contribution in [0.15, 0.2) is 65.3 Å². The van der Waals surface area contributed by atoms with Crippen molar-refractivity contribution in [1.82, 2.24) is 14.9 Å². The standard InChI is InChI=1S/C23H21FN4O3/c1-15-6-5-8-18(12-15)30-14-19-16(2)31-27-22(19)23(29)25-21-10-11-28(26-21)13-17-7-3-4-9-20(17)24/h3-12H,13-14H2,1-2H3,(H,25,26,29). The van der Waals surface area contributed by atoms with Gasteiger partial charge in [-0.05, 0) is 37.6 Å². The molecule has 0 spiro atoms. The predicted molar refractivity (Wildman–Crippen MR) is 112 cm³/mol. The van der Waals surface area contributed by atoms with E-state index in [9.17, 15) is 9.18 Å². The number of hydrogen-bond acceptors (Lipinski definition) is 5. The van der Waals surface area contributed by atoms with Gasteiger partial charge in [-0.25, -0.2) is 4.39 Å². The van der Waals surface area contributed by atoms with Gasteiger partial charge in [-0.1, -0.05) is 35.5 Å². The zero-order valence-corrected chi connectivity index (χ0v) is 17.1. The summed E-state index contributed by atoms with van der Waals surface area (Å²) in [5, 5.41) is 10.9. The van der Waals surface area contributed by atoms with Crippen molar-refractivity contribution in [3.63, 3.8) is 0 Å². The summed E-state index contributed by atoms with van der Waals surface area (Å²) in [7, 11) is 0. The van der Waals surface area contributed by atoms with E-state index in [2.05, 4.69) is 15.6 Å². The van der Waals surface area contributed by atoms with E-state index >= 15 is 0 Å². The topological polar surface area (TPSA) is 82.2 Å². The van der Waals surface area contributed by atoms with Gasteiger partial charge < -0.3 is 14.6 Å². The van der Waals surface area contributed by atoms with Gasteiger partial charge in [-0.2, -0.15) is 5.10 Å². The molecular formula is C23H21FN4O3. The quantitative estimate of drug-likeness (QED) is 0.476. The molecule has 0 aliphatic rings. The van der Waals surface area contributed by atoms with Crippen LogP contribution in [-0.2, 0) is 13.2 Å². The van der Waals surface area contributed by atoms with E-state index in [0.717, 1.165) is 5.56 Å². The Morgan fingerprint density at radius 3 is 2.81 bits per heavy atom. The highest BCUT2D eigenvalue weighted by molar-refractivity contribution is 6.03. The van der Waals surface area contributed by atoms with Gasteiger partial charge in [0.05, 0.1) is 12.1 Å². The number of nitrogens with one attached hydrogen (secondary N) is 1. The molecule has 0 unspecified atom stereocenters. The zero-order chi connectivity index (χ0) is 21.8. The van der Waals surface area contributed by atoms with Gasteiger partial charge in [0.1, 0.15) is 23.9 Å². The smallest absolute Gasteiger partial charge is 0.279 e. The molecule has 158 valence electrons. The Balaban J connectivity index is 1.43. The normalized spacial score (nSPS) is 10.8. The Morgan fingerprint density at radius 2 is 2.00 bits per heavy atom. The first kappa shape index (κ1) is 20.3. The maximum absolute atomic E-state index is 13.8. The van der Waals surface area contributed by atoms with Gasteiger partial charge in [-0.15, -0.1) is 0 Å². The number of ether oxygens (including phenoxy) is 1. The summed E-state index contributed by atoms with van der Waals surface area (Å²) in [6, 6.07) is 15.7. The van der Waals surface area contributed by atoms with Crippen LogP contribution < -0.4 is 10.1 Å². The third-order valence-corrected chi connectivity index (χ3v) is 4.74. The summed E-state index contributed by atoms with van der Waals surface area (Å²) in [4.78, 5) is 12.7. The van der Waals surface area contributed by atoms with Crippen molar-refractivity contribution >= 4 is 11.7 Å². The fourth-order valence-electron chi connectivity index (χ4n) is 3.09. The Kier molecular flexibility index (Phi) is 5.79. The van der Waals surface area contributed by atoms with Crippen molar-refractivity contribution in [2.24, 2.45) is 0 Å². The second-order valence-electron chi connectivity index (χ2n) is 7.12. The molecule has 8 heteroatoms. The highest BCUT2D eigenvalue weighted by Gasteiger charge is 2.21. The lowest BCUT2D eigenvalue weighted by Crippen LogP contribution is -2.16. The first-order valence-electron chi connectivity index (χ1n) is 9.72. The zero-order valence-electron chi connectivity index (χ0n) is 17.1. The Morgan fingerprint density at radius 1 is 1.16 bits per heavy atom. The molecule has 4 aromatic rings. The number of benzene rings is 2. The highest BCUT2D eigenvalue weighted by Crippen LogP contribution is 2.20. The van der Waals surface area contributed by atoms with Crippen LogP contribution in [0, 0.1) is 19.7 Å². The number of hydrogen-bond donors (Lipinski definition) is 1. The number of anilines is 1. The molecule has 0 aliphatic heterocycles. The van der Waals surface area contributed by atoms with E-state index in [4.69, 9.17) is 9.26 Å². The number of aromatic nitrogens is 3. The average molecular weight is 420 g/mol. The summed E-state index contributed by atoms with van der Waals surface area (Å²) in [6.45, 7) is 4.09. The average Bonchev–Trinajstić information content (AvgIpc) is 3.34. The molecule has 2 aromatic heterocycles. The second kappa shape index (κ2) is 8.83. The molecule has 4 rings (SSSR count). The minimum atomic E-state index is -0.462. The number of halogens is 1. The lowest BCUT2D eigenvalue weighted by molar-refractivity contribution is 0.101. The maximum Gasteiger partial charge on any atom is 0.279 e. The van der Waals surface area contributed by atoms with Crippen LogP contribution in [0.1, 0.15) is 32.9 Å². The van der Waals surface area contributed by atoms with Crippen molar-refractivity contribution < 1.29 is 18.4 Å². The van der Waals surface area contributed by atoms with Crippen molar-refractivity contribution in [3.05, 3.63) is 94.8 Å². The number of carbonyl (C=O) groups is 1. The summed E-state index contributed by atoms with van der Waals surface area (Å²) in [5.41, 5.74) is 2.27. The largest absolute Gasteiger partial charge is 0.489 e. The molecule has 0 aliphatic carbocycles. The number of aryl methyl sites for hydroxylation is 2. The molecule has 31 heavy (non-hydrogen) atoms. The van der Waals surface area contributed by atoms with Crippen LogP contribution in [0.25, 0.3) is 0 Å². The van der Waals surface area contributed by atoms with Gasteiger partial charge in [0.2, 0.25) is 0 Å². The Hall–Kier alpha value is -3.94. The lowest BCUT2D eigenvalue weighted by atomic mass is 10.2. The molecule has 1 amide bonds. The van der Waals surface area contributed by atoms with E-state index < -0.39 is 5.91 Å². The van der Waals surface area contributed by atoms with Crippen LogP contribution >= 0.6 is 0 Å². The van der Waals surface area contributed by atoms with E-state index in [1.165, 1.54) is 6.07 Å². The minimum absolute atomic E-state index is 0.133. The molecule has 0 saturated carbocycles. The van der Waals surface area contributed by atoms with Crippen LogP contribution in [0.2, 0.25) is 0 Å². The molecular weight excluding hydrogens is 399 g/mol. The summed E-state index contributed by atoms with van der Waals surface area (Å²) in [5.74, 6) is 0.755. The number of carbonyl (C=O) groups excluding carboxylic acids is 1.